The second-order valence-corrected chi connectivity index (χ2v) is 5.60. The van der Waals surface area contributed by atoms with Gasteiger partial charge < -0.3 is 11.5 Å². The topological polar surface area (TPSA) is 64.9 Å². The summed E-state index contributed by atoms with van der Waals surface area (Å²) in [6.45, 7) is 11.7. The maximum absolute atomic E-state index is 5.70. The first-order valence-electron chi connectivity index (χ1n) is 8.78. The standard InChI is InChI=1S/C11H12.C10H11N3.C2H6/c1-3-4-8-11-9-6-5-7-10(11)2;1-6-4-8(11)5-7-2-3-9(12)13-10(6)7;1-2/h3-9H,1H2,2H3;2-5H,11H2,1H3,(H2,12,13);1-2H3/b8-4-;;. The van der Waals surface area contributed by atoms with Gasteiger partial charge in [-0.15, -0.1) is 0 Å². The molecule has 0 aliphatic rings. The van der Waals surface area contributed by atoms with E-state index in [9.17, 15) is 0 Å². The van der Waals surface area contributed by atoms with E-state index in [1.54, 1.807) is 12.1 Å². The molecule has 0 saturated heterocycles. The van der Waals surface area contributed by atoms with Crippen LogP contribution in [0.5, 0.6) is 0 Å². The van der Waals surface area contributed by atoms with Crippen molar-refractivity contribution >= 4 is 28.5 Å². The normalized spacial score (nSPS) is 9.85. The van der Waals surface area contributed by atoms with Gasteiger partial charge in [-0.05, 0) is 54.8 Å². The molecule has 3 nitrogen and oxygen atoms in total. The Hall–Kier alpha value is -3.07. The van der Waals surface area contributed by atoms with E-state index in [4.69, 9.17) is 11.5 Å². The van der Waals surface area contributed by atoms with Gasteiger partial charge in [0.2, 0.25) is 0 Å². The maximum atomic E-state index is 5.70. The van der Waals surface area contributed by atoms with Crippen LogP contribution in [0, 0.1) is 13.8 Å². The van der Waals surface area contributed by atoms with Crippen LogP contribution in [-0.2, 0) is 0 Å². The lowest BCUT2D eigenvalue weighted by molar-refractivity contribution is 1.37. The Morgan fingerprint density at radius 2 is 1.62 bits per heavy atom. The first-order chi connectivity index (χ1) is 12.5. The molecule has 0 unspecified atom stereocenters. The average molecular weight is 348 g/mol. The summed E-state index contributed by atoms with van der Waals surface area (Å²) < 4.78 is 0. The third-order valence-corrected chi connectivity index (χ3v) is 3.63. The van der Waals surface area contributed by atoms with Gasteiger partial charge in [-0.2, -0.15) is 0 Å². The van der Waals surface area contributed by atoms with E-state index in [0.717, 1.165) is 22.2 Å². The number of rotatable bonds is 2. The molecule has 0 spiro atoms. The molecule has 3 aromatic rings. The molecule has 0 amide bonds. The van der Waals surface area contributed by atoms with Crippen molar-refractivity contribution in [2.75, 3.05) is 11.5 Å². The number of allylic oxidation sites excluding steroid dienone is 2. The lowest BCUT2D eigenvalue weighted by Gasteiger charge is -2.03. The van der Waals surface area contributed by atoms with Crippen LogP contribution >= 0.6 is 0 Å². The number of aryl methyl sites for hydroxylation is 2. The summed E-state index contributed by atoms with van der Waals surface area (Å²) in [5.74, 6) is 0.542. The van der Waals surface area contributed by atoms with Gasteiger partial charge in [0.05, 0.1) is 5.52 Å². The highest BCUT2D eigenvalue weighted by Gasteiger charge is 2.00. The number of fused-ring (bicyclic) bond motifs is 1. The fraction of sp³-hybridized carbons (Fsp3) is 0.174. The van der Waals surface area contributed by atoms with Crippen LogP contribution in [0.4, 0.5) is 11.5 Å². The maximum Gasteiger partial charge on any atom is 0.124 e. The lowest BCUT2D eigenvalue weighted by Crippen LogP contribution is -1.93. The van der Waals surface area contributed by atoms with Gasteiger partial charge in [0.15, 0.2) is 0 Å². The molecule has 2 aromatic carbocycles. The summed E-state index contributed by atoms with van der Waals surface area (Å²) in [6, 6.07) is 15.8. The van der Waals surface area contributed by atoms with E-state index in [1.807, 2.05) is 57.2 Å². The molecule has 1 aromatic heterocycles. The molecule has 0 aliphatic carbocycles. The first-order valence-corrected chi connectivity index (χ1v) is 8.78. The summed E-state index contributed by atoms with van der Waals surface area (Å²) in [5, 5.41) is 1.03. The Morgan fingerprint density at radius 3 is 2.27 bits per heavy atom. The van der Waals surface area contributed by atoms with E-state index in [2.05, 4.69) is 36.7 Å². The summed E-state index contributed by atoms with van der Waals surface area (Å²) >= 11 is 0. The summed E-state index contributed by atoms with van der Waals surface area (Å²) in [6.07, 6.45) is 5.79. The molecule has 26 heavy (non-hydrogen) atoms. The van der Waals surface area contributed by atoms with Crippen molar-refractivity contribution in [1.29, 1.82) is 0 Å². The highest BCUT2D eigenvalue weighted by atomic mass is 14.8. The minimum absolute atomic E-state index is 0.542. The second kappa shape index (κ2) is 10.7. The third kappa shape index (κ3) is 6.10. The molecule has 0 fully saturated rings. The van der Waals surface area contributed by atoms with Gasteiger partial charge in [0.25, 0.3) is 0 Å². The van der Waals surface area contributed by atoms with E-state index in [1.165, 1.54) is 11.1 Å². The molecule has 0 aliphatic heterocycles. The second-order valence-electron chi connectivity index (χ2n) is 5.60. The van der Waals surface area contributed by atoms with E-state index >= 15 is 0 Å². The Labute approximate surface area is 157 Å². The Bertz CT molecular complexity index is 880. The lowest BCUT2D eigenvalue weighted by atomic mass is 10.1. The van der Waals surface area contributed by atoms with Crippen molar-refractivity contribution in [2.45, 2.75) is 27.7 Å². The zero-order valence-electron chi connectivity index (χ0n) is 16.2. The molecular weight excluding hydrogens is 318 g/mol. The zero-order chi connectivity index (χ0) is 19.5. The Morgan fingerprint density at radius 1 is 0.923 bits per heavy atom. The predicted octanol–water partition coefficient (Wildman–Crippen LogP) is 5.93. The fourth-order valence-corrected chi connectivity index (χ4v) is 2.40. The van der Waals surface area contributed by atoms with E-state index < -0.39 is 0 Å². The van der Waals surface area contributed by atoms with Gasteiger partial charge in [0.1, 0.15) is 5.82 Å². The number of pyridine rings is 1. The average Bonchev–Trinajstić information content (AvgIpc) is 2.64. The van der Waals surface area contributed by atoms with Crippen molar-refractivity contribution in [3.63, 3.8) is 0 Å². The van der Waals surface area contributed by atoms with E-state index in [0.29, 0.717) is 5.82 Å². The highest BCUT2D eigenvalue weighted by Crippen LogP contribution is 2.20. The van der Waals surface area contributed by atoms with Crippen LogP contribution in [0.1, 0.15) is 30.5 Å². The van der Waals surface area contributed by atoms with Crippen molar-refractivity contribution in [3.8, 4) is 0 Å². The number of benzene rings is 2. The SMILES string of the molecule is C=C/C=C\c1ccccc1C.CC.Cc1cc(N)cc2ccc(N)nc12. The quantitative estimate of drug-likeness (QED) is 0.446. The van der Waals surface area contributed by atoms with Crippen LogP contribution in [0.3, 0.4) is 0 Å². The van der Waals surface area contributed by atoms with Crippen molar-refractivity contribution in [1.82, 2.24) is 4.98 Å². The monoisotopic (exact) mass is 347 g/mol. The number of aromatic nitrogens is 1. The predicted molar refractivity (Wildman–Crippen MR) is 117 cm³/mol. The van der Waals surface area contributed by atoms with Crippen molar-refractivity contribution in [2.24, 2.45) is 0 Å². The van der Waals surface area contributed by atoms with Crippen LogP contribution in [0.15, 0.2) is 67.3 Å². The van der Waals surface area contributed by atoms with Gasteiger partial charge in [0, 0.05) is 11.1 Å². The minimum atomic E-state index is 0.542. The van der Waals surface area contributed by atoms with Gasteiger partial charge in [-0.25, -0.2) is 4.98 Å². The van der Waals surface area contributed by atoms with Gasteiger partial charge >= 0.3 is 0 Å². The van der Waals surface area contributed by atoms with Crippen LogP contribution < -0.4 is 11.5 Å². The molecule has 136 valence electrons. The molecular formula is C23H29N3. The highest BCUT2D eigenvalue weighted by molar-refractivity contribution is 5.86. The molecule has 0 bridgehead atoms. The molecule has 3 heteroatoms. The number of nitrogens with two attached hydrogens (primary N) is 2. The first kappa shape index (κ1) is 21.0. The zero-order valence-corrected chi connectivity index (χ0v) is 16.2. The van der Waals surface area contributed by atoms with Gasteiger partial charge in [-0.3, -0.25) is 0 Å². The van der Waals surface area contributed by atoms with Crippen LogP contribution in [0.25, 0.3) is 17.0 Å². The van der Waals surface area contributed by atoms with Crippen LogP contribution in [0.2, 0.25) is 0 Å². The molecule has 0 radical (unpaired) electrons. The smallest absolute Gasteiger partial charge is 0.124 e. The number of anilines is 2. The van der Waals surface area contributed by atoms with Crippen molar-refractivity contribution < 1.29 is 0 Å². The number of hydrogen-bond donors (Lipinski definition) is 2. The molecule has 3 rings (SSSR count). The minimum Gasteiger partial charge on any atom is -0.399 e. The molecule has 0 saturated carbocycles. The van der Waals surface area contributed by atoms with Crippen LogP contribution in [-0.4, -0.2) is 4.98 Å². The summed E-state index contributed by atoms with van der Waals surface area (Å²) in [5.41, 5.74) is 16.6. The van der Waals surface area contributed by atoms with Gasteiger partial charge in [-0.1, -0.05) is 62.9 Å². The summed E-state index contributed by atoms with van der Waals surface area (Å²) in [7, 11) is 0. The Balaban J connectivity index is 0.000000241. The number of nitrogens with zero attached hydrogens (tertiary/aromatic N) is 1. The molecule has 1 heterocycles. The molecule has 0 atom stereocenters. The summed E-state index contributed by atoms with van der Waals surface area (Å²) in [4.78, 5) is 4.24. The van der Waals surface area contributed by atoms with Crippen molar-refractivity contribution in [3.05, 3.63) is 84.0 Å². The fourth-order valence-electron chi connectivity index (χ4n) is 2.40. The third-order valence-electron chi connectivity index (χ3n) is 3.63. The Kier molecular flexibility index (Phi) is 8.65. The largest absolute Gasteiger partial charge is 0.399 e. The number of nitrogen functional groups attached to an aromatic ring is 2. The van der Waals surface area contributed by atoms with E-state index in [-0.39, 0.29) is 0 Å². The molecule has 4 N–H and O–H groups in total. The number of hydrogen-bond acceptors (Lipinski definition) is 3.